The van der Waals surface area contributed by atoms with Crippen LogP contribution in [-0.2, 0) is 11.2 Å². The summed E-state index contributed by atoms with van der Waals surface area (Å²) in [5.74, 6) is -1.30. The van der Waals surface area contributed by atoms with Gasteiger partial charge < -0.3 is 10.5 Å². The van der Waals surface area contributed by atoms with E-state index >= 15 is 0 Å². The van der Waals surface area contributed by atoms with Crippen molar-refractivity contribution in [2.75, 3.05) is 7.11 Å². The molecule has 3 aromatic rings. The second-order valence-corrected chi connectivity index (χ2v) is 8.20. The van der Waals surface area contributed by atoms with Crippen LogP contribution in [0, 0.1) is 12.7 Å². The predicted octanol–water partition coefficient (Wildman–Crippen LogP) is 7.06. The van der Waals surface area contributed by atoms with Crippen LogP contribution in [0.5, 0.6) is 0 Å². The van der Waals surface area contributed by atoms with Crippen molar-refractivity contribution in [3.05, 3.63) is 107 Å². The van der Waals surface area contributed by atoms with Crippen LogP contribution in [0.25, 0.3) is 11.1 Å². The molecule has 1 amide bonds. The summed E-state index contributed by atoms with van der Waals surface area (Å²) in [6, 6.07) is 17.5. The number of amides is 1. The smallest absolute Gasteiger partial charge is 0.278 e. The lowest BCUT2D eigenvalue weighted by molar-refractivity contribution is 0.0970. The van der Waals surface area contributed by atoms with Crippen molar-refractivity contribution in [3.8, 4) is 11.1 Å². The number of halogens is 1. The van der Waals surface area contributed by atoms with Gasteiger partial charge in [0.05, 0.1) is 18.4 Å². The highest BCUT2D eigenvalue weighted by molar-refractivity contribution is 6.09. The van der Waals surface area contributed by atoms with Crippen LogP contribution in [-0.4, -0.2) is 24.6 Å². The zero-order valence-electron chi connectivity index (χ0n) is 22.2. The third-order valence-electron chi connectivity index (χ3n) is 5.88. The minimum Gasteiger partial charge on any atom is -0.502 e. The maximum Gasteiger partial charge on any atom is 0.278 e. The monoisotopic (exact) mass is 502 g/mol. The second kappa shape index (κ2) is 13.9. The first kappa shape index (κ1) is 29.2. The van der Waals surface area contributed by atoms with E-state index < -0.39 is 11.7 Å². The van der Waals surface area contributed by atoms with Crippen LogP contribution in [0.2, 0.25) is 0 Å². The first-order chi connectivity index (χ1) is 17.7. The number of carbonyl (C=O) groups excluding carboxylic acids is 2. The lowest BCUT2D eigenvalue weighted by Gasteiger charge is -2.12. The molecule has 6 heteroatoms. The molecule has 0 unspecified atom stereocenters. The van der Waals surface area contributed by atoms with Crippen molar-refractivity contribution in [3.63, 3.8) is 0 Å². The Balaban J connectivity index is 0.00000235. The summed E-state index contributed by atoms with van der Waals surface area (Å²) in [6.07, 6.45) is 1.11. The van der Waals surface area contributed by atoms with E-state index in [0.717, 1.165) is 34.7 Å². The average molecular weight is 503 g/mol. The molecule has 3 aromatic carbocycles. The lowest BCUT2D eigenvalue weighted by Crippen LogP contribution is -2.17. The molecule has 5 nitrogen and oxygen atoms in total. The van der Waals surface area contributed by atoms with E-state index in [4.69, 9.17) is 10.5 Å². The van der Waals surface area contributed by atoms with E-state index in [1.165, 1.54) is 19.2 Å². The van der Waals surface area contributed by atoms with Gasteiger partial charge in [-0.05, 0) is 59.9 Å². The molecule has 0 aliphatic heterocycles. The van der Waals surface area contributed by atoms with Crippen molar-refractivity contribution < 1.29 is 18.7 Å². The van der Waals surface area contributed by atoms with Crippen LogP contribution in [0.3, 0.4) is 0 Å². The van der Waals surface area contributed by atoms with Gasteiger partial charge >= 0.3 is 0 Å². The molecule has 0 aromatic heterocycles. The summed E-state index contributed by atoms with van der Waals surface area (Å²) in [7, 11) is 1.47. The Morgan fingerprint density at radius 3 is 2.27 bits per heavy atom. The third kappa shape index (κ3) is 7.46. The van der Waals surface area contributed by atoms with Gasteiger partial charge in [-0.1, -0.05) is 63.7 Å². The molecule has 0 bridgehead atoms. The summed E-state index contributed by atoms with van der Waals surface area (Å²) in [5.41, 5.74) is 10.9. The van der Waals surface area contributed by atoms with Crippen LogP contribution in [0.15, 0.2) is 78.0 Å². The Bertz CT molecular complexity index is 1310. The number of methoxy groups -OCH3 is 1. The van der Waals surface area contributed by atoms with Gasteiger partial charge in [-0.2, -0.15) is 4.99 Å². The van der Waals surface area contributed by atoms with E-state index in [0.29, 0.717) is 17.7 Å². The largest absolute Gasteiger partial charge is 0.502 e. The number of benzene rings is 3. The summed E-state index contributed by atoms with van der Waals surface area (Å²) in [5, 5.41) is 0. The molecule has 37 heavy (non-hydrogen) atoms. The number of allylic oxidation sites excluding steroid dienone is 1. The molecular formula is C31H35FN2O3. The van der Waals surface area contributed by atoms with Gasteiger partial charge in [0.2, 0.25) is 0 Å². The van der Waals surface area contributed by atoms with Crippen molar-refractivity contribution in [1.29, 1.82) is 0 Å². The molecule has 0 saturated carbocycles. The highest BCUT2D eigenvalue weighted by Crippen LogP contribution is 2.28. The normalized spacial score (nSPS) is 10.8. The van der Waals surface area contributed by atoms with Crippen molar-refractivity contribution >= 4 is 17.5 Å². The zero-order chi connectivity index (χ0) is 27.5. The maximum atomic E-state index is 14.6. The van der Waals surface area contributed by atoms with Crippen molar-refractivity contribution in [2.45, 2.75) is 47.0 Å². The number of aryl methyl sites for hydroxylation is 2. The Labute approximate surface area is 218 Å². The van der Waals surface area contributed by atoms with Gasteiger partial charge in [0.25, 0.3) is 5.91 Å². The zero-order valence-corrected chi connectivity index (χ0v) is 22.2. The highest BCUT2D eigenvalue weighted by Gasteiger charge is 2.16. The number of carbonyl (C=O) groups is 2. The van der Waals surface area contributed by atoms with Gasteiger partial charge in [-0.25, -0.2) is 4.39 Å². The minimum atomic E-state index is -0.725. The number of ketones is 1. The minimum absolute atomic E-state index is 0.0591. The number of hydrogen-bond donors (Lipinski definition) is 1. The average Bonchev–Trinajstić information content (AvgIpc) is 2.92. The number of amidine groups is 1. The molecule has 0 heterocycles. The molecule has 0 radical (unpaired) electrons. The van der Waals surface area contributed by atoms with E-state index in [9.17, 15) is 14.0 Å². The number of nitrogens with two attached hydrogens (primary N) is 1. The number of hydrogen-bond acceptors (Lipinski definition) is 3. The first-order valence-corrected chi connectivity index (χ1v) is 12.4. The van der Waals surface area contributed by atoms with Crippen LogP contribution in [0.1, 0.15) is 71.0 Å². The van der Waals surface area contributed by atoms with Gasteiger partial charge in [-0.3, -0.25) is 9.59 Å². The first-order valence-electron chi connectivity index (χ1n) is 12.4. The van der Waals surface area contributed by atoms with E-state index in [2.05, 4.69) is 17.6 Å². The molecular weight excluding hydrogens is 467 g/mol. The Kier molecular flexibility index (Phi) is 10.9. The topological polar surface area (TPSA) is 81.8 Å². The Morgan fingerprint density at radius 2 is 1.65 bits per heavy atom. The summed E-state index contributed by atoms with van der Waals surface area (Å²) in [4.78, 5) is 29.1. The van der Waals surface area contributed by atoms with Crippen LogP contribution >= 0.6 is 0 Å². The molecule has 2 N–H and O–H groups in total. The molecule has 194 valence electrons. The Morgan fingerprint density at radius 1 is 0.973 bits per heavy atom. The number of Topliss-reactive ketones (excluding diaryl/α,β-unsaturated/α-hetero) is 1. The maximum absolute atomic E-state index is 14.6. The van der Waals surface area contributed by atoms with E-state index in [-0.39, 0.29) is 29.2 Å². The summed E-state index contributed by atoms with van der Waals surface area (Å²) in [6.45, 7) is 11.7. The summed E-state index contributed by atoms with van der Waals surface area (Å²) < 4.78 is 19.5. The fraction of sp³-hybridized carbons (Fsp3) is 0.258. The van der Waals surface area contributed by atoms with Crippen molar-refractivity contribution in [1.82, 2.24) is 0 Å². The van der Waals surface area contributed by atoms with Gasteiger partial charge in [-0.15, -0.1) is 0 Å². The second-order valence-electron chi connectivity index (χ2n) is 8.20. The van der Waals surface area contributed by atoms with Crippen LogP contribution in [0.4, 0.5) is 4.39 Å². The summed E-state index contributed by atoms with van der Waals surface area (Å²) >= 11 is 0. The molecule has 0 spiro atoms. The number of ether oxygens (including phenoxy) is 1. The Hall–Kier alpha value is -4.06. The number of aliphatic imine (C=N–C) groups is 1. The number of nitrogens with zero attached hydrogens (tertiary/aromatic N) is 1. The molecule has 0 atom stereocenters. The standard InChI is InChI=1S/C29H29FN2O3.C2H6/c1-5-20-16-22(12-13-24(20)23-9-7-6-8-18(23)2)29(34)32-28(31)21-11-14-25(26(30)17-21)27(33)15-10-19(3)35-4;1-2/h6-9,11-14,16-17H,3,5,10,15H2,1-2,4H3,(H2,31,32,34);1-2H3. The van der Waals surface area contributed by atoms with Gasteiger partial charge in [0.1, 0.15) is 11.7 Å². The van der Waals surface area contributed by atoms with E-state index in [1.807, 2.05) is 58.0 Å². The fourth-order valence-corrected chi connectivity index (χ4v) is 3.79. The number of rotatable bonds is 9. The third-order valence-corrected chi connectivity index (χ3v) is 5.88. The highest BCUT2D eigenvalue weighted by atomic mass is 19.1. The SMILES string of the molecule is C=C(CCC(=O)c1ccc(C(N)=NC(=O)c2ccc(-c3ccccc3C)c(CC)c2)cc1F)OC.CC. The lowest BCUT2D eigenvalue weighted by atomic mass is 9.93. The fourth-order valence-electron chi connectivity index (χ4n) is 3.79. The quantitative estimate of drug-likeness (QED) is 0.147. The van der Waals surface area contributed by atoms with E-state index in [1.54, 1.807) is 6.07 Å². The molecule has 0 saturated heterocycles. The van der Waals surface area contributed by atoms with Gasteiger partial charge in [0.15, 0.2) is 5.78 Å². The molecule has 0 aliphatic rings. The van der Waals surface area contributed by atoms with Crippen molar-refractivity contribution in [2.24, 2.45) is 10.7 Å². The molecule has 0 aliphatic carbocycles. The van der Waals surface area contributed by atoms with Crippen LogP contribution < -0.4 is 5.73 Å². The molecule has 3 rings (SSSR count). The van der Waals surface area contributed by atoms with Gasteiger partial charge in [0, 0.05) is 24.0 Å². The predicted molar refractivity (Wildman–Crippen MR) is 149 cm³/mol. The molecule has 0 fully saturated rings.